The van der Waals surface area contributed by atoms with Crippen LogP contribution in [-0.4, -0.2) is 17.4 Å². The average molecular weight is 236 g/mol. The summed E-state index contributed by atoms with van der Waals surface area (Å²) in [4.78, 5) is 0. The molecule has 0 heterocycles. The van der Waals surface area contributed by atoms with E-state index in [1.165, 1.54) is 0 Å². The van der Waals surface area contributed by atoms with Crippen LogP contribution in [-0.2, 0) is 0 Å². The molecule has 2 aliphatic rings. The van der Waals surface area contributed by atoms with Crippen LogP contribution < -0.4 is 0 Å². The summed E-state index contributed by atoms with van der Waals surface area (Å²) < 4.78 is 38.5. The summed E-state index contributed by atoms with van der Waals surface area (Å²) in [7, 11) is 0. The van der Waals surface area contributed by atoms with E-state index in [0.29, 0.717) is 12.8 Å². The van der Waals surface area contributed by atoms with E-state index in [1.807, 2.05) is 0 Å². The summed E-state index contributed by atoms with van der Waals surface area (Å²) in [6, 6.07) is 0. The van der Waals surface area contributed by atoms with Crippen LogP contribution in [0.15, 0.2) is 0 Å². The quantitative estimate of drug-likeness (QED) is 0.777. The van der Waals surface area contributed by atoms with Crippen molar-refractivity contribution in [3.8, 4) is 0 Å². The van der Waals surface area contributed by atoms with E-state index in [-0.39, 0.29) is 12.3 Å². The molecule has 0 bridgehead atoms. The minimum absolute atomic E-state index is 0.132. The van der Waals surface area contributed by atoms with Gasteiger partial charge in [0.1, 0.15) is 0 Å². The lowest BCUT2D eigenvalue weighted by atomic mass is 9.68. The Bertz CT molecular complexity index is 235. The van der Waals surface area contributed by atoms with Crippen LogP contribution in [0, 0.1) is 17.8 Å². The highest BCUT2D eigenvalue weighted by Gasteiger charge is 2.49. The third kappa shape index (κ3) is 2.36. The lowest BCUT2D eigenvalue weighted by molar-refractivity contribution is -0.211. The number of aliphatic hydroxyl groups is 1. The molecule has 0 aromatic carbocycles. The Labute approximate surface area is 94.0 Å². The number of alkyl halides is 3. The molecule has 2 rings (SSSR count). The van der Waals surface area contributed by atoms with Gasteiger partial charge in [0.15, 0.2) is 0 Å². The minimum Gasteiger partial charge on any atom is -0.393 e. The second-order valence-corrected chi connectivity index (χ2v) is 5.28. The maximum Gasteiger partial charge on any atom is 0.392 e. The van der Waals surface area contributed by atoms with Crippen LogP contribution in [0.25, 0.3) is 0 Å². The van der Waals surface area contributed by atoms with Crippen LogP contribution >= 0.6 is 0 Å². The van der Waals surface area contributed by atoms with E-state index < -0.39 is 24.1 Å². The minimum atomic E-state index is -4.13. The fourth-order valence-electron chi connectivity index (χ4n) is 3.11. The van der Waals surface area contributed by atoms with Gasteiger partial charge in [0.25, 0.3) is 0 Å². The lowest BCUT2D eigenvalue weighted by Gasteiger charge is -2.41. The Hall–Kier alpha value is -0.250. The average Bonchev–Trinajstić information content (AvgIpc) is 2.13. The molecule has 16 heavy (non-hydrogen) atoms. The van der Waals surface area contributed by atoms with Gasteiger partial charge in [-0.05, 0) is 37.5 Å². The summed E-state index contributed by atoms with van der Waals surface area (Å²) in [5.41, 5.74) is 0. The van der Waals surface area contributed by atoms with Gasteiger partial charge in [-0.3, -0.25) is 0 Å². The Morgan fingerprint density at radius 3 is 2.06 bits per heavy atom. The van der Waals surface area contributed by atoms with Crippen molar-refractivity contribution in [2.75, 3.05) is 0 Å². The maximum absolute atomic E-state index is 12.8. The van der Waals surface area contributed by atoms with E-state index in [1.54, 1.807) is 0 Å². The van der Waals surface area contributed by atoms with Gasteiger partial charge in [-0.1, -0.05) is 19.3 Å². The predicted octanol–water partition coefficient (Wildman–Crippen LogP) is 3.52. The number of halogens is 3. The SMILES string of the molecule is OC(C1CCC1)C1CCCCC1C(F)(F)F. The van der Waals surface area contributed by atoms with Crippen LogP contribution in [0.3, 0.4) is 0 Å². The summed E-state index contributed by atoms with van der Waals surface area (Å²) in [5.74, 6) is -1.68. The molecular weight excluding hydrogens is 217 g/mol. The number of aliphatic hydroxyl groups excluding tert-OH is 1. The topological polar surface area (TPSA) is 20.2 Å². The summed E-state index contributed by atoms with van der Waals surface area (Å²) in [5, 5.41) is 10.0. The van der Waals surface area contributed by atoms with Crippen LogP contribution in [0.1, 0.15) is 44.9 Å². The Balaban J connectivity index is 2.03. The maximum atomic E-state index is 12.8. The van der Waals surface area contributed by atoms with Gasteiger partial charge in [0, 0.05) is 0 Å². The summed E-state index contributed by atoms with van der Waals surface area (Å²) >= 11 is 0. The first kappa shape index (κ1) is 12.2. The summed E-state index contributed by atoms with van der Waals surface area (Å²) in [6.45, 7) is 0. The lowest BCUT2D eigenvalue weighted by Crippen LogP contribution is -2.43. The highest BCUT2D eigenvalue weighted by molar-refractivity contribution is 4.90. The molecule has 2 saturated carbocycles. The molecule has 0 saturated heterocycles. The zero-order chi connectivity index (χ0) is 11.8. The Kier molecular flexibility index (Phi) is 3.48. The molecule has 0 spiro atoms. The molecule has 2 fully saturated rings. The molecule has 1 nitrogen and oxygen atoms in total. The molecule has 94 valence electrons. The van der Waals surface area contributed by atoms with Crippen molar-refractivity contribution in [2.45, 2.75) is 57.2 Å². The normalized spacial score (nSPS) is 34.5. The third-order valence-corrected chi connectivity index (χ3v) is 4.31. The van der Waals surface area contributed by atoms with E-state index in [4.69, 9.17) is 0 Å². The highest BCUT2D eigenvalue weighted by atomic mass is 19.4. The van der Waals surface area contributed by atoms with E-state index in [0.717, 1.165) is 25.7 Å². The standard InChI is InChI=1S/C12H19F3O/c13-12(14,15)10-7-2-1-6-9(10)11(16)8-4-3-5-8/h8-11,16H,1-7H2. The van der Waals surface area contributed by atoms with E-state index in [2.05, 4.69) is 0 Å². The largest absolute Gasteiger partial charge is 0.393 e. The van der Waals surface area contributed by atoms with Gasteiger partial charge >= 0.3 is 6.18 Å². The second-order valence-electron chi connectivity index (χ2n) is 5.28. The fourth-order valence-corrected chi connectivity index (χ4v) is 3.11. The number of hydrogen-bond donors (Lipinski definition) is 1. The van der Waals surface area contributed by atoms with Crippen LogP contribution in [0.5, 0.6) is 0 Å². The van der Waals surface area contributed by atoms with Crippen LogP contribution in [0.4, 0.5) is 13.2 Å². The third-order valence-electron chi connectivity index (χ3n) is 4.31. The van der Waals surface area contributed by atoms with Gasteiger partial charge in [0.05, 0.1) is 12.0 Å². The summed E-state index contributed by atoms with van der Waals surface area (Å²) in [6.07, 6.45) is 0.255. The van der Waals surface area contributed by atoms with Gasteiger partial charge < -0.3 is 5.11 Å². The van der Waals surface area contributed by atoms with Crippen molar-refractivity contribution in [3.63, 3.8) is 0 Å². The van der Waals surface area contributed by atoms with Gasteiger partial charge in [-0.2, -0.15) is 13.2 Å². The van der Waals surface area contributed by atoms with Crippen molar-refractivity contribution in [1.82, 2.24) is 0 Å². The van der Waals surface area contributed by atoms with Gasteiger partial charge in [0.2, 0.25) is 0 Å². The van der Waals surface area contributed by atoms with E-state index in [9.17, 15) is 18.3 Å². The molecule has 0 aliphatic heterocycles. The molecule has 3 atom stereocenters. The molecule has 3 unspecified atom stereocenters. The molecule has 4 heteroatoms. The molecule has 0 aromatic rings. The Morgan fingerprint density at radius 2 is 1.56 bits per heavy atom. The van der Waals surface area contributed by atoms with Crippen molar-refractivity contribution in [3.05, 3.63) is 0 Å². The van der Waals surface area contributed by atoms with Gasteiger partial charge in [-0.25, -0.2) is 0 Å². The molecular formula is C12H19F3O. The Morgan fingerprint density at radius 1 is 0.938 bits per heavy atom. The number of rotatable bonds is 2. The first-order valence-electron chi connectivity index (χ1n) is 6.25. The zero-order valence-electron chi connectivity index (χ0n) is 9.34. The number of hydrogen-bond acceptors (Lipinski definition) is 1. The van der Waals surface area contributed by atoms with Crippen molar-refractivity contribution in [1.29, 1.82) is 0 Å². The highest BCUT2D eigenvalue weighted by Crippen LogP contribution is 2.46. The van der Waals surface area contributed by atoms with Crippen molar-refractivity contribution < 1.29 is 18.3 Å². The van der Waals surface area contributed by atoms with Crippen molar-refractivity contribution in [2.24, 2.45) is 17.8 Å². The van der Waals surface area contributed by atoms with Crippen LogP contribution in [0.2, 0.25) is 0 Å². The zero-order valence-corrected chi connectivity index (χ0v) is 9.34. The second kappa shape index (κ2) is 4.55. The molecule has 0 radical (unpaired) electrons. The monoisotopic (exact) mass is 236 g/mol. The van der Waals surface area contributed by atoms with Gasteiger partial charge in [-0.15, -0.1) is 0 Å². The first-order chi connectivity index (χ1) is 7.50. The first-order valence-corrected chi connectivity index (χ1v) is 6.25. The molecule has 1 N–H and O–H groups in total. The molecule has 0 amide bonds. The molecule has 2 aliphatic carbocycles. The smallest absolute Gasteiger partial charge is 0.392 e. The van der Waals surface area contributed by atoms with Crippen molar-refractivity contribution >= 4 is 0 Å². The predicted molar refractivity (Wildman–Crippen MR) is 54.9 cm³/mol. The fraction of sp³-hybridized carbons (Fsp3) is 1.00. The van der Waals surface area contributed by atoms with E-state index >= 15 is 0 Å². The molecule has 0 aromatic heterocycles.